The molecule has 0 spiro atoms. The molecule has 0 radical (unpaired) electrons. The number of carbonyl (C=O) groups excluding carboxylic acids is 1. The molecule has 0 aliphatic heterocycles. The number of methoxy groups -OCH3 is 1. The van der Waals surface area contributed by atoms with Gasteiger partial charge in [-0.05, 0) is 42.5 Å². The molecule has 0 saturated carbocycles. The molecule has 7 heteroatoms. The molecule has 0 aliphatic rings. The molecule has 0 atom stereocenters. The predicted molar refractivity (Wildman–Crippen MR) is 99.6 cm³/mol. The Morgan fingerprint density at radius 3 is 2.67 bits per heavy atom. The Morgan fingerprint density at radius 1 is 1.26 bits per heavy atom. The Bertz CT molecular complexity index is 987. The first-order valence-electron chi connectivity index (χ1n) is 8.19. The van der Waals surface area contributed by atoms with E-state index in [1.165, 1.54) is 7.11 Å². The second-order valence-electron chi connectivity index (χ2n) is 5.75. The smallest absolute Gasteiger partial charge is 0.255 e. The van der Waals surface area contributed by atoms with Crippen molar-refractivity contribution in [3.8, 4) is 17.6 Å². The molecule has 0 saturated heterocycles. The third-order valence-electron chi connectivity index (χ3n) is 3.98. The van der Waals surface area contributed by atoms with E-state index < -0.39 is 0 Å². The Morgan fingerprint density at radius 2 is 2.04 bits per heavy atom. The molecule has 27 heavy (non-hydrogen) atoms. The number of amides is 1. The summed E-state index contributed by atoms with van der Waals surface area (Å²) in [5.41, 5.74) is 1.34. The maximum Gasteiger partial charge on any atom is 0.255 e. The van der Waals surface area contributed by atoms with E-state index in [0.717, 1.165) is 5.82 Å². The quantitative estimate of drug-likeness (QED) is 0.728. The van der Waals surface area contributed by atoms with Gasteiger partial charge in [0.25, 0.3) is 5.91 Å². The predicted octanol–water partition coefficient (Wildman–Crippen LogP) is 3.13. The number of carbonyl (C=O) groups is 1. The molecule has 1 aromatic heterocycles. The highest BCUT2D eigenvalue weighted by Gasteiger charge is 2.11. The lowest BCUT2D eigenvalue weighted by molar-refractivity contribution is 0.102. The first-order chi connectivity index (χ1) is 13.1. The molecule has 136 valence electrons. The zero-order valence-corrected chi connectivity index (χ0v) is 15.0. The van der Waals surface area contributed by atoms with Gasteiger partial charge in [-0.1, -0.05) is 0 Å². The summed E-state index contributed by atoms with van der Waals surface area (Å²) < 4.78 is 12.8. The lowest BCUT2D eigenvalue weighted by Crippen LogP contribution is -2.12. The lowest BCUT2D eigenvalue weighted by atomic mass is 10.1. The molecule has 0 aliphatic carbocycles. The molecule has 1 N–H and O–H groups in total. The van der Waals surface area contributed by atoms with E-state index in [-0.39, 0.29) is 5.91 Å². The van der Waals surface area contributed by atoms with E-state index in [1.807, 2.05) is 23.9 Å². The highest BCUT2D eigenvalue weighted by Crippen LogP contribution is 2.26. The third kappa shape index (κ3) is 4.25. The number of nitriles is 1. The molecule has 0 bridgehead atoms. The average Bonchev–Trinajstić information content (AvgIpc) is 3.11. The molecule has 1 amide bonds. The SMILES string of the molecule is COc1ccc(C#N)cc1NC(=O)c1ccc(OCc2nccn2C)cc1. The van der Waals surface area contributed by atoms with Crippen molar-refractivity contribution in [3.05, 3.63) is 71.8 Å². The van der Waals surface area contributed by atoms with E-state index >= 15 is 0 Å². The minimum Gasteiger partial charge on any atom is -0.495 e. The van der Waals surface area contributed by atoms with E-state index in [1.54, 1.807) is 48.7 Å². The molecule has 2 aromatic carbocycles. The minimum absolute atomic E-state index is 0.306. The van der Waals surface area contributed by atoms with E-state index in [9.17, 15) is 4.79 Å². The topological polar surface area (TPSA) is 89.2 Å². The fourth-order valence-corrected chi connectivity index (χ4v) is 2.46. The molecule has 1 heterocycles. The van der Waals surface area contributed by atoms with Gasteiger partial charge in [0.15, 0.2) is 0 Å². The van der Waals surface area contributed by atoms with Crippen LogP contribution in [0.5, 0.6) is 11.5 Å². The molecular weight excluding hydrogens is 344 g/mol. The summed E-state index contributed by atoms with van der Waals surface area (Å²) in [4.78, 5) is 16.7. The Balaban J connectivity index is 1.67. The fourth-order valence-electron chi connectivity index (χ4n) is 2.46. The molecule has 0 unspecified atom stereocenters. The van der Waals surface area contributed by atoms with Crippen molar-refractivity contribution in [1.82, 2.24) is 9.55 Å². The van der Waals surface area contributed by atoms with Gasteiger partial charge in [-0.2, -0.15) is 5.26 Å². The Labute approximate surface area is 156 Å². The van der Waals surface area contributed by atoms with Crippen LogP contribution in [0.4, 0.5) is 5.69 Å². The number of rotatable bonds is 6. The fraction of sp³-hybridized carbons (Fsp3) is 0.150. The van der Waals surface area contributed by atoms with Gasteiger partial charge in [-0.15, -0.1) is 0 Å². The van der Waals surface area contributed by atoms with E-state index in [0.29, 0.717) is 34.9 Å². The highest BCUT2D eigenvalue weighted by molar-refractivity contribution is 6.05. The van der Waals surface area contributed by atoms with Gasteiger partial charge < -0.3 is 19.4 Å². The van der Waals surface area contributed by atoms with Gasteiger partial charge in [0, 0.05) is 25.0 Å². The Kier molecular flexibility index (Phi) is 5.38. The van der Waals surface area contributed by atoms with Crippen molar-refractivity contribution < 1.29 is 14.3 Å². The monoisotopic (exact) mass is 362 g/mol. The van der Waals surface area contributed by atoms with Gasteiger partial charge in [0.05, 0.1) is 24.4 Å². The maximum atomic E-state index is 12.5. The van der Waals surface area contributed by atoms with Crippen LogP contribution in [0, 0.1) is 11.3 Å². The molecule has 0 fully saturated rings. The number of benzene rings is 2. The summed E-state index contributed by atoms with van der Waals surface area (Å²) in [6.45, 7) is 0.340. The van der Waals surface area contributed by atoms with Crippen molar-refractivity contribution in [1.29, 1.82) is 5.26 Å². The van der Waals surface area contributed by atoms with Crippen LogP contribution in [0.1, 0.15) is 21.7 Å². The first kappa shape index (κ1) is 18.0. The van der Waals surface area contributed by atoms with Crippen LogP contribution < -0.4 is 14.8 Å². The summed E-state index contributed by atoms with van der Waals surface area (Å²) in [6, 6.07) is 13.7. The number of hydrogen-bond donors (Lipinski definition) is 1. The van der Waals surface area contributed by atoms with Gasteiger partial charge in [0.2, 0.25) is 0 Å². The minimum atomic E-state index is -0.306. The second-order valence-corrected chi connectivity index (χ2v) is 5.75. The maximum absolute atomic E-state index is 12.5. The average molecular weight is 362 g/mol. The number of ether oxygens (including phenoxy) is 2. The van der Waals surface area contributed by atoms with Crippen LogP contribution in [-0.2, 0) is 13.7 Å². The summed E-state index contributed by atoms with van der Waals surface area (Å²) >= 11 is 0. The molecule has 3 aromatic rings. The van der Waals surface area contributed by atoms with E-state index in [2.05, 4.69) is 10.3 Å². The van der Waals surface area contributed by atoms with Crippen LogP contribution in [-0.4, -0.2) is 22.6 Å². The van der Waals surface area contributed by atoms with Gasteiger partial charge in [0.1, 0.15) is 23.9 Å². The number of nitrogens with one attached hydrogen (secondary N) is 1. The number of hydrogen-bond acceptors (Lipinski definition) is 5. The normalized spacial score (nSPS) is 10.1. The first-order valence-corrected chi connectivity index (χ1v) is 8.19. The number of nitrogens with zero attached hydrogens (tertiary/aromatic N) is 3. The number of anilines is 1. The third-order valence-corrected chi connectivity index (χ3v) is 3.98. The summed E-state index contributed by atoms with van der Waals surface area (Å²) in [5.74, 6) is 1.62. The van der Waals surface area contributed by atoms with E-state index in [4.69, 9.17) is 14.7 Å². The molecular formula is C20H18N4O3. The summed E-state index contributed by atoms with van der Waals surface area (Å²) in [6.07, 6.45) is 3.56. The summed E-state index contributed by atoms with van der Waals surface area (Å²) in [5, 5.41) is 11.8. The van der Waals surface area contributed by atoms with Crippen LogP contribution in [0.2, 0.25) is 0 Å². The van der Waals surface area contributed by atoms with Crippen molar-refractivity contribution in [3.63, 3.8) is 0 Å². The lowest BCUT2D eigenvalue weighted by Gasteiger charge is -2.11. The van der Waals surface area contributed by atoms with Crippen molar-refractivity contribution in [2.75, 3.05) is 12.4 Å². The van der Waals surface area contributed by atoms with Crippen molar-refractivity contribution in [2.24, 2.45) is 7.05 Å². The summed E-state index contributed by atoms with van der Waals surface area (Å²) in [7, 11) is 3.40. The highest BCUT2D eigenvalue weighted by atomic mass is 16.5. The largest absolute Gasteiger partial charge is 0.495 e. The van der Waals surface area contributed by atoms with Crippen LogP contribution in [0.25, 0.3) is 0 Å². The van der Waals surface area contributed by atoms with Crippen LogP contribution in [0.3, 0.4) is 0 Å². The second kappa shape index (κ2) is 8.06. The molecule has 3 rings (SSSR count). The molecule has 7 nitrogen and oxygen atoms in total. The van der Waals surface area contributed by atoms with Crippen molar-refractivity contribution >= 4 is 11.6 Å². The van der Waals surface area contributed by atoms with Crippen LogP contribution >= 0.6 is 0 Å². The van der Waals surface area contributed by atoms with Crippen LogP contribution in [0.15, 0.2) is 54.9 Å². The zero-order chi connectivity index (χ0) is 19.2. The number of aromatic nitrogens is 2. The van der Waals surface area contributed by atoms with Gasteiger partial charge in [-0.25, -0.2) is 4.98 Å². The van der Waals surface area contributed by atoms with Gasteiger partial charge in [-0.3, -0.25) is 4.79 Å². The number of aryl methyl sites for hydroxylation is 1. The Hall–Kier alpha value is -3.79. The number of imidazole rings is 1. The van der Waals surface area contributed by atoms with Gasteiger partial charge >= 0.3 is 0 Å². The van der Waals surface area contributed by atoms with Crippen molar-refractivity contribution in [2.45, 2.75) is 6.61 Å². The zero-order valence-electron chi connectivity index (χ0n) is 15.0. The standard InChI is InChI=1S/C20H18N4O3/c1-24-10-9-22-19(24)13-27-16-6-4-15(5-7-16)20(25)23-17-11-14(12-21)3-8-18(17)26-2/h3-11H,13H2,1-2H3,(H,23,25).